The number of benzene rings is 2. The topological polar surface area (TPSA) is 169 Å². The van der Waals surface area contributed by atoms with Crippen molar-refractivity contribution in [3.05, 3.63) is 95.7 Å². The SMILES string of the molecule is N#Cc1c(O)ccc(C(=O)OC(=O)c2occ(-c3ccncc3)c2-c2ccccc2)c1C(=O)NN. The van der Waals surface area contributed by atoms with Crippen molar-refractivity contribution in [1.82, 2.24) is 10.4 Å². The highest BCUT2D eigenvalue weighted by atomic mass is 16.6. The molecule has 35 heavy (non-hydrogen) atoms. The Bertz CT molecular complexity index is 1470. The minimum atomic E-state index is -1.24. The molecule has 10 nitrogen and oxygen atoms in total. The zero-order valence-electron chi connectivity index (χ0n) is 17.9. The summed E-state index contributed by atoms with van der Waals surface area (Å²) in [6.07, 6.45) is 4.53. The molecule has 4 N–H and O–H groups in total. The van der Waals surface area contributed by atoms with Crippen LogP contribution in [-0.2, 0) is 4.74 Å². The maximum Gasteiger partial charge on any atom is 0.382 e. The van der Waals surface area contributed by atoms with Gasteiger partial charge in [-0.1, -0.05) is 30.3 Å². The van der Waals surface area contributed by atoms with Gasteiger partial charge in [0.2, 0.25) is 5.76 Å². The Balaban J connectivity index is 1.76. The number of aromatic nitrogens is 1. The van der Waals surface area contributed by atoms with Gasteiger partial charge in [0.25, 0.3) is 5.91 Å². The molecule has 0 unspecified atom stereocenters. The van der Waals surface area contributed by atoms with Gasteiger partial charge >= 0.3 is 11.9 Å². The number of hydrogen-bond donors (Lipinski definition) is 3. The molecule has 0 radical (unpaired) electrons. The van der Waals surface area contributed by atoms with E-state index in [0.29, 0.717) is 22.3 Å². The summed E-state index contributed by atoms with van der Waals surface area (Å²) in [7, 11) is 0. The first kappa shape index (κ1) is 22.9. The summed E-state index contributed by atoms with van der Waals surface area (Å²) in [5, 5.41) is 19.2. The third-order valence-corrected chi connectivity index (χ3v) is 5.09. The maximum absolute atomic E-state index is 13.1. The van der Waals surface area contributed by atoms with Crippen LogP contribution in [0.15, 0.2) is 77.7 Å². The normalized spacial score (nSPS) is 10.3. The number of nitrogen functional groups attached to an aromatic ring is 1. The van der Waals surface area contributed by atoms with E-state index < -0.39 is 40.3 Å². The molecule has 2 aromatic carbocycles. The van der Waals surface area contributed by atoms with Crippen molar-refractivity contribution < 1.29 is 28.6 Å². The predicted molar refractivity (Wildman–Crippen MR) is 122 cm³/mol. The van der Waals surface area contributed by atoms with Crippen LogP contribution in [0.2, 0.25) is 0 Å². The van der Waals surface area contributed by atoms with E-state index in [-0.39, 0.29) is 5.76 Å². The van der Waals surface area contributed by atoms with Gasteiger partial charge in [-0.2, -0.15) is 5.26 Å². The van der Waals surface area contributed by atoms with Crippen LogP contribution < -0.4 is 11.3 Å². The van der Waals surface area contributed by atoms with Gasteiger partial charge in [-0.15, -0.1) is 0 Å². The summed E-state index contributed by atoms with van der Waals surface area (Å²) >= 11 is 0. The summed E-state index contributed by atoms with van der Waals surface area (Å²) < 4.78 is 10.5. The molecule has 2 heterocycles. The third kappa shape index (κ3) is 4.35. The van der Waals surface area contributed by atoms with Gasteiger partial charge in [0, 0.05) is 23.5 Å². The molecule has 172 valence electrons. The van der Waals surface area contributed by atoms with Crippen LogP contribution in [0, 0.1) is 11.3 Å². The minimum Gasteiger partial charge on any atom is -0.507 e. The van der Waals surface area contributed by atoms with Gasteiger partial charge in [0.05, 0.1) is 11.1 Å². The van der Waals surface area contributed by atoms with Crippen molar-refractivity contribution in [3.63, 3.8) is 0 Å². The molecule has 0 fully saturated rings. The highest BCUT2D eigenvalue weighted by Crippen LogP contribution is 2.37. The second-order valence-electron chi connectivity index (χ2n) is 7.10. The second kappa shape index (κ2) is 9.70. The molecule has 0 spiro atoms. The lowest BCUT2D eigenvalue weighted by Crippen LogP contribution is -2.32. The number of hydrazine groups is 1. The molecule has 2 aromatic heterocycles. The van der Waals surface area contributed by atoms with Crippen molar-refractivity contribution in [1.29, 1.82) is 5.26 Å². The fraction of sp³-hybridized carbons (Fsp3) is 0. The molecule has 10 heteroatoms. The quantitative estimate of drug-likeness (QED) is 0.131. The standard InChI is InChI=1S/C25H16N4O6/c26-12-17-19(30)7-6-16(21(17)23(31)29-27)24(32)35-25(33)22-20(15-4-2-1-3-5-15)18(13-34-22)14-8-10-28-11-9-14/h1-11,13,30H,27H2,(H,29,31). The lowest BCUT2D eigenvalue weighted by molar-refractivity contribution is 0.0374. The number of aromatic hydroxyl groups is 1. The maximum atomic E-state index is 13.1. The van der Waals surface area contributed by atoms with Crippen LogP contribution in [0.5, 0.6) is 5.75 Å². The summed E-state index contributed by atoms with van der Waals surface area (Å²) in [5.74, 6) is 0.957. The summed E-state index contributed by atoms with van der Waals surface area (Å²) in [4.78, 5) is 42.1. The van der Waals surface area contributed by atoms with E-state index in [1.807, 2.05) is 0 Å². The summed E-state index contributed by atoms with van der Waals surface area (Å²) in [6.45, 7) is 0. The number of hydrogen-bond acceptors (Lipinski definition) is 9. The first-order chi connectivity index (χ1) is 17.0. The number of nitrogens with one attached hydrogen (secondary N) is 1. The molecule has 1 amide bonds. The number of nitriles is 1. The number of phenolic OH excluding ortho intramolecular Hbond substituents is 1. The Kier molecular flexibility index (Phi) is 6.35. The molecule has 0 saturated heterocycles. The number of ether oxygens (including phenoxy) is 1. The fourth-order valence-corrected chi connectivity index (χ4v) is 3.51. The van der Waals surface area contributed by atoms with Gasteiger partial charge in [-0.05, 0) is 35.4 Å². The van der Waals surface area contributed by atoms with Crippen LogP contribution in [0.25, 0.3) is 22.3 Å². The number of nitrogens with two attached hydrogens (primary N) is 1. The Morgan fingerprint density at radius 1 is 1.00 bits per heavy atom. The highest BCUT2D eigenvalue weighted by molar-refractivity contribution is 6.12. The number of furan rings is 1. The first-order valence-electron chi connectivity index (χ1n) is 10.1. The molecule has 4 rings (SSSR count). The number of pyridine rings is 1. The Hall–Kier alpha value is -5.27. The first-order valence-corrected chi connectivity index (χ1v) is 10.1. The smallest absolute Gasteiger partial charge is 0.382 e. The third-order valence-electron chi connectivity index (χ3n) is 5.09. The van der Waals surface area contributed by atoms with E-state index in [1.165, 1.54) is 6.26 Å². The molecular weight excluding hydrogens is 452 g/mol. The average Bonchev–Trinajstić information content (AvgIpc) is 3.34. The fourth-order valence-electron chi connectivity index (χ4n) is 3.51. The Labute approximate surface area is 198 Å². The van der Waals surface area contributed by atoms with Gasteiger partial charge in [-0.3, -0.25) is 15.2 Å². The summed E-state index contributed by atoms with van der Waals surface area (Å²) in [6, 6.07) is 16.0. The lowest BCUT2D eigenvalue weighted by Gasteiger charge is -2.10. The van der Waals surface area contributed by atoms with Crippen LogP contribution in [0.3, 0.4) is 0 Å². The number of esters is 2. The molecule has 0 atom stereocenters. The molecule has 0 bridgehead atoms. The summed E-state index contributed by atoms with van der Waals surface area (Å²) in [5.41, 5.74) is 2.62. The molecule has 0 saturated carbocycles. The van der Waals surface area contributed by atoms with E-state index in [1.54, 1.807) is 66.4 Å². The van der Waals surface area contributed by atoms with Gasteiger partial charge in [0.15, 0.2) is 0 Å². The van der Waals surface area contributed by atoms with Crippen LogP contribution in [0.4, 0.5) is 0 Å². The van der Waals surface area contributed by atoms with Crippen molar-refractivity contribution in [2.24, 2.45) is 5.84 Å². The van der Waals surface area contributed by atoms with Gasteiger partial charge in [0.1, 0.15) is 23.6 Å². The van der Waals surface area contributed by atoms with Crippen LogP contribution in [-0.4, -0.2) is 27.9 Å². The minimum absolute atomic E-state index is 0.250. The van der Waals surface area contributed by atoms with E-state index in [2.05, 4.69) is 4.98 Å². The number of carbonyl (C=O) groups excluding carboxylic acids is 3. The van der Waals surface area contributed by atoms with Crippen LogP contribution in [0.1, 0.15) is 36.8 Å². The molecule has 0 aliphatic rings. The second-order valence-corrected chi connectivity index (χ2v) is 7.10. The largest absolute Gasteiger partial charge is 0.507 e. The van der Waals surface area contributed by atoms with E-state index >= 15 is 0 Å². The van der Waals surface area contributed by atoms with E-state index in [0.717, 1.165) is 12.1 Å². The molecule has 0 aliphatic heterocycles. The predicted octanol–water partition coefficient (Wildman–Crippen LogP) is 3.19. The molecule has 4 aromatic rings. The van der Waals surface area contributed by atoms with E-state index in [9.17, 15) is 24.8 Å². The van der Waals surface area contributed by atoms with Crippen molar-refractivity contribution in [2.45, 2.75) is 0 Å². The number of amides is 1. The Morgan fingerprint density at radius 3 is 2.37 bits per heavy atom. The number of nitrogens with zero attached hydrogens (tertiary/aromatic N) is 2. The zero-order valence-corrected chi connectivity index (χ0v) is 17.9. The van der Waals surface area contributed by atoms with Crippen LogP contribution >= 0.6 is 0 Å². The highest BCUT2D eigenvalue weighted by Gasteiger charge is 2.29. The van der Waals surface area contributed by atoms with Crippen molar-refractivity contribution >= 4 is 17.8 Å². The van der Waals surface area contributed by atoms with Crippen molar-refractivity contribution in [3.8, 4) is 34.1 Å². The van der Waals surface area contributed by atoms with Gasteiger partial charge in [-0.25, -0.2) is 15.4 Å². The Morgan fingerprint density at radius 2 is 1.71 bits per heavy atom. The average molecular weight is 468 g/mol. The number of phenols is 1. The monoisotopic (exact) mass is 468 g/mol. The zero-order chi connectivity index (χ0) is 24.9. The number of carbonyl (C=O) groups is 3. The molecular formula is C25H16N4O6. The molecule has 0 aliphatic carbocycles. The van der Waals surface area contributed by atoms with Gasteiger partial charge < -0.3 is 14.3 Å². The number of rotatable bonds is 5. The lowest BCUT2D eigenvalue weighted by atomic mass is 9.97. The van der Waals surface area contributed by atoms with Crippen molar-refractivity contribution in [2.75, 3.05) is 0 Å². The van der Waals surface area contributed by atoms with E-state index in [4.69, 9.17) is 15.0 Å².